The molecule has 5 aromatic rings. The lowest BCUT2D eigenvalue weighted by molar-refractivity contribution is 0.388. The number of halogens is 1. The minimum absolute atomic E-state index is 0.129. The fourth-order valence-corrected chi connectivity index (χ4v) is 4.31. The molecule has 1 atom stereocenters. The molecule has 0 amide bonds. The monoisotopic (exact) mass is 519 g/mol. The summed E-state index contributed by atoms with van der Waals surface area (Å²) in [5, 5.41) is 7.78. The van der Waals surface area contributed by atoms with Crippen LogP contribution in [-0.4, -0.2) is 27.2 Å². The van der Waals surface area contributed by atoms with Crippen LogP contribution in [0.4, 0.5) is 5.69 Å². The zero-order valence-corrected chi connectivity index (χ0v) is 21.1. The lowest BCUT2D eigenvalue weighted by atomic mass is 9.99. The summed E-state index contributed by atoms with van der Waals surface area (Å²) in [6.07, 6.45) is 0. The van der Waals surface area contributed by atoms with Crippen molar-refractivity contribution in [1.29, 1.82) is 0 Å². The van der Waals surface area contributed by atoms with Gasteiger partial charge < -0.3 is 14.5 Å². The Balaban J connectivity index is 1.65. The Bertz CT molecular complexity index is 1760. The van der Waals surface area contributed by atoms with E-state index in [-0.39, 0.29) is 22.4 Å². The topological polar surface area (TPSA) is 136 Å². The Morgan fingerprint density at radius 2 is 1.92 bits per heavy atom. The number of anilines is 1. The zero-order chi connectivity index (χ0) is 26.3. The van der Waals surface area contributed by atoms with Crippen molar-refractivity contribution in [1.82, 2.24) is 20.1 Å². The van der Waals surface area contributed by atoms with Crippen LogP contribution >= 0.6 is 11.6 Å². The fourth-order valence-electron chi connectivity index (χ4n) is 4.16. The van der Waals surface area contributed by atoms with Crippen LogP contribution in [0.1, 0.15) is 29.7 Å². The number of aromatic amines is 1. The summed E-state index contributed by atoms with van der Waals surface area (Å²) in [6.45, 7) is 5.55. The SMILES string of the molecule is COc1cccc(-c2oc3c(C(C)Nc4ccc(Cl)nc4-c4noc(=O)[nH]4)cc(C)cc3c(=O)c2C)n1. The molecule has 10 nitrogen and oxygen atoms in total. The van der Waals surface area contributed by atoms with Gasteiger partial charge in [-0.25, -0.2) is 14.8 Å². The minimum atomic E-state index is -0.712. The zero-order valence-electron chi connectivity index (χ0n) is 20.4. The number of aromatic nitrogens is 4. The first-order valence-corrected chi connectivity index (χ1v) is 11.7. The Morgan fingerprint density at radius 3 is 2.65 bits per heavy atom. The Hall–Kier alpha value is -4.44. The van der Waals surface area contributed by atoms with Crippen LogP contribution in [0.5, 0.6) is 5.88 Å². The van der Waals surface area contributed by atoms with Crippen LogP contribution in [0.15, 0.2) is 61.0 Å². The lowest BCUT2D eigenvalue weighted by Crippen LogP contribution is -2.13. The quantitative estimate of drug-likeness (QED) is 0.295. The number of pyridine rings is 2. The number of rotatable bonds is 6. The Kier molecular flexibility index (Phi) is 6.26. The first kappa shape index (κ1) is 24.3. The van der Waals surface area contributed by atoms with Crippen LogP contribution in [0.2, 0.25) is 5.15 Å². The Labute approximate surface area is 215 Å². The molecule has 0 aliphatic carbocycles. The highest BCUT2D eigenvalue weighted by Gasteiger charge is 2.21. The largest absolute Gasteiger partial charge is 0.481 e. The summed E-state index contributed by atoms with van der Waals surface area (Å²) < 4.78 is 16.3. The summed E-state index contributed by atoms with van der Waals surface area (Å²) in [5.74, 6) is 0.191. The van der Waals surface area contributed by atoms with Gasteiger partial charge in [0, 0.05) is 17.2 Å². The van der Waals surface area contributed by atoms with Gasteiger partial charge in [-0.15, -0.1) is 0 Å². The van der Waals surface area contributed by atoms with Crippen LogP contribution in [0.25, 0.3) is 33.9 Å². The first-order chi connectivity index (χ1) is 17.7. The summed E-state index contributed by atoms with van der Waals surface area (Å²) in [4.78, 5) is 36.2. The molecule has 0 aliphatic rings. The predicted octanol–water partition coefficient (Wildman–Crippen LogP) is 5.05. The van der Waals surface area contributed by atoms with E-state index in [0.717, 1.165) is 11.1 Å². The van der Waals surface area contributed by atoms with Gasteiger partial charge in [0.1, 0.15) is 22.1 Å². The third kappa shape index (κ3) is 4.58. The van der Waals surface area contributed by atoms with E-state index in [4.69, 9.17) is 20.8 Å². The van der Waals surface area contributed by atoms with Gasteiger partial charge in [0.05, 0.1) is 24.2 Å². The molecule has 188 valence electrons. The summed E-state index contributed by atoms with van der Waals surface area (Å²) in [7, 11) is 1.53. The highest BCUT2D eigenvalue weighted by molar-refractivity contribution is 6.29. The third-order valence-corrected chi connectivity index (χ3v) is 6.13. The molecule has 37 heavy (non-hydrogen) atoms. The molecule has 4 heterocycles. The van der Waals surface area contributed by atoms with Crippen LogP contribution in [0.3, 0.4) is 0 Å². The van der Waals surface area contributed by atoms with Gasteiger partial charge in [-0.3, -0.25) is 14.3 Å². The maximum atomic E-state index is 13.4. The number of hydrogen-bond acceptors (Lipinski definition) is 9. The van der Waals surface area contributed by atoms with E-state index in [0.29, 0.717) is 45.2 Å². The number of fused-ring (bicyclic) bond motifs is 1. The Morgan fingerprint density at radius 1 is 1.11 bits per heavy atom. The number of nitrogens with zero attached hydrogens (tertiary/aromatic N) is 3. The maximum Gasteiger partial charge on any atom is 0.439 e. The molecule has 0 aliphatic heterocycles. The lowest BCUT2D eigenvalue weighted by Gasteiger charge is -2.20. The molecule has 0 radical (unpaired) electrons. The third-order valence-electron chi connectivity index (χ3n) is 5.92. The van der Waals surface area contributed by atoms with E-state index in [1.807, 2.05) is 26.0 Å². The van der Waals surface area contributed by atoms with E-state index < -0.39 is 5.76 Å². The molecule has 11 heteroatoms. The fraction of sp³-hybridized carbons (Fsp3) is 0.192. The molecular weight excluding hydrogens is 498 g/mol. The van der Waals surface area contributed by atoms with E-state index >= 15 is 0 Å². The molecule has 0 saturated heterocycles. The van der Waals surface area contributed by atoms with Gasteiger partial charge in [0.25, 0.3) is 0 Å². The minimum Gasteiger partial charge on any atom is -0.481 e. The van der Waals surface area contributed by atoms with Gasteiger partial charge >= 0.3 is 5.76 Å². The number of methoxy groups -OCH3 is 1. The van der Waals surface area contributed by atoms with E-state index in [1.54, 1.807) is 37.3 Å². The summed E-state index contributed by atoms with van der Waals surface area (Å²) in [6, 6.07) is 12.0. The van der Waals surface area contributed by atoms with Gasteiger partial charge in [-0.2, -0.15) is 0 Å². The average molecular weight is 520 g/mol. The second-order valence-corrected chi connectivity index (χ2v) is 8.91. The van der Waals surface area contributed by atoms with E-state index in [2.05, 4.69) is 29.9 Å². The molecule has 4 aromatic heterocycles. The van der Waals surface area contributed by atoms with E-state index in [9.17, 15) is 9.59 Å². The molecular formula is C26H22ClN5O5. The van der Waals surface area contributed by atoms with Crippen molar-refractivity contribution in [3.05, 3.63) is 85.1 Å². The number of hydrogen-bond donors (Lipinski definition) is 2. The maximum absolute atomic E-state index is 13.4. The van der Waals surface area contributed by atoms with Gasteiger partial charge in [-0.05, 0) is 50.6 Å². The first-order valence-electron chi connectivity index (χ1n) is 11.3. The molecule has 0 fully saturated rings. The van der Waals surface area contributed by atoms with E-state index in [1.165, 1.54) is 7.11 Å². The van der Waals surface area contributed by atoms with Crippen molar-refractivity contribution in [3.8, 4) is 28.9 Å². The van der Waals surface area contributed by atoms with Crippen molar-refractivity contribution < 1.29 is 13.7 Å². The van der Waals surface area contributed by atoms with Gasteiger partial charge in [-0.1, -0.05) is 28.9 Å². The molecule has 1 unspecified atom stereocenters. The van der Waals surface area contributed by atoms with Crippen molar-refractivity contribution in [3.63, 3.8) is 0 Å². The molecule has 0 spiro atoms. The molecule has 1 aromatic carbocycles. The number of ether oxygens (including phenoxy) is 1. The normalized spacial score (nSPS) is 12.0. The number of aryl methyl sites for hydroxylation is 1. The van der Waals surface area contributed by atoms with Gasteiger partial charge in [0.2, 0.25) is 11.7 Å². The van der Waals surface area contributed by atoms with Crippen LogP contribution < -0.4 is 21.2 Å². The number of H-pyrrole nitrogens is 1. The molecule has 5 rings (SSSR count). The standard InChI is InChI=1S/C26H22ClN5O5/c1-12-10-15(14(3)28-17-8-9-19(27)30-21(17)25-31-26(34)37-32-25)24-16(11-12)22(33)13(2)23(36-24)18-6-5-7-20(29-18)35-4/h5-11,14,28H,1-4H3,(H,31,32,34). The predicted molar refractivity (Wildman–Crippen MR) is 139 cm³/mol. The number of nitrogens with one attached hydrogen (secondary N) is 2. The highest BCUT2D eigenvalue weighted by Crippen LogP contribution is 2.34. The summed E-state index contributed by atoms with van der Waals surface area (Å²) in [5.41, 5.74) is 3.70. The molecule has 2 N–H and O–H groups in total. The van der Waals surface area contributed by atoms with Crippen molar-refractivity contribution in [2.75, 3.05) is 12.4 Å². The second kappa shape index (κ2) is 9.55. The van der Waals surface area contributed by atoms with Crippen molar-refractivity contribution >= 4 is 28.3 Å². The van der Waals surface area contributed by atoms with Crippen molar-refractivity contribution in [2.24, 2.45) is 0 Å². The summed E-state index contributed by atoms with van der Waals surface area (Å²) >= 11 is 6.10. The smallest absolute Gasteiger partial charge is 0.439 e. The average Bonchev–Trinajstić information content (AvgIpc) is 3.33. The number of benzene rings is 1. The molecule has 0 bridgehead atoms. The second-order valence-electron chi connectivity index (χ2n) is 8.52. The van der Waals surface area contributed by atoms with Gasteiger partial charge in [0.15, 0.2) is 11.2 Å². The van der Waals surface area contributed by atoms with Crippen molar-refractivity contribution in [2.45, 2.75) is 26.8 Å². The van der Waals surface area contributed by atoms with Crippen LogP contribution in [-0.2, 0) is 0 Å². The molecule has 0 saturated carbocycles. The van der Waals surface area contributed by atoms with Crippen LogP contribution in [0, 0.1) is 13.8 Å². The highest BCUT2D eigenvalue weighted by atomic mass is 35.5.